The van der Waals surface area contributed by atoms with Crippen molar-refractivity contribution in [1.29, 1.82) is 0 Å². The lowest BCUT2D eigenvalue weighted by molar-refractivity contribution is -0.137. The summed E-state index contributed by atoms with van der Waals surface area (Å²) in [4.78, 5) is 25.4. The van der Waals surface area contributed by atoms with Crippen molar-refractivity contribution in [1.82, 2.24) is 0 Å². The molecular weight excluding hydrogens is 423 g/mol. The van der Waals surface area contributed by atoms with Gasteiger partial charge in [0.15, 0.2) is 0 Å². The highest BCUT2D eigenvalue weighted by molar-refractivity contribution is 6.04. The molecule has 2 aromatic carbocycles. The van der Waals surface area contributed by atoms with Gasteiger partial charge in [-0.1, -0.05) is 12.1 Å². The molecule has 0 saturated carbocycles. The number of rotatable bonds is 5. The van der Waals surface area contributed by atoms with Crippen molar-refractivity contribution >= 4 is 17.6 Å². The van der Waals surface area contributed by atoms with E-state index in [1.807, 2.05) is 0 Å². The zero-order valence-electron chi connectivity index (χ0n) is 19.0. The van der Waals surface area contributed by atoms with E-state index in [9.17, 15) is 22.8 Å². The molecule has 0 spiro atoms. The molecule has 2 rings (SSSR count). The van der Waals surface area contributed by atoms with E-state index in [2.05, 4.69) is 5.32 Å². The van der Waals surface area contributed by atoms with E-state index in [4.69, 9.17) is 9.47 Å². The van der Waals surface area contributed by atoms with Gasteiger partial charge in [0.25, 0.3) is 0 Å². The number of carbonyl (C=O) groups excluding carboxylic acids is 2. The molecule has 5 nitrogen and oxygen atoms in total. The molecule has 0 radical (unpaired) electrons. The number of anilines is 1. The number of hydrogen-bond donors (Lipinski definition) is 1. The van der Waals surface area contributed by atoms with E-state index in [1.165, 1.54) is 18.2 Å². The molecule has 0 fully saturated rings. The van der Waals surface area contributed by atoms with Crippen molar-refractivity contribution < 1.29 is 32.2 Å². The third-order valence-corrected chi connectivity index (χ3v) is 4.01. The highest BCUT2D eigenvalue weighted by atomic mass is 19.4. The summed E-state index contributed by atoms with van der Waals surface area (Å²) in [5.41, 5.74) is -1.40. The van der Waals surface area contributed by atoms with Crippen LogP contribution in [0.4, 0.5) is 18.9 Å². The van der Waals surface area contributed by atoms with Crippen molar-refractivity contribution in [3.8, 4) is 0 Å². The Balaban J connectivity index is 2.32. The zero-order valence-corrected chi connectivity index (χ0v) is 19.0. The van der Waals surface area contributed by atoms with E-state index in [0.717, 1.165) is 12.1 Å². The average Bonchev–Trinajstić information content (AvgIpc) is 2.63. The molecule has 32 heavy (non-hydrogen) atoms. The van der Waals surface area contributed by atoms with Gasteiger partial charge in [-0.3, -0.25) is 0 Å². The fourth-order valence-corrected chi connectivity index (χ4v) is 2.73. The predicted octanol–water partition coefficient (Wildman–Crippen LogP) is 6.23. The first kappa shape index (κ1) is 25.2. The minimum Gasteiger partial charge on any atom is -0.456 e. The SMILES string of the molecule is CC(C)(C)OC(=O)c1ccc(NCc2cccc(C(F)(F)F)c2)cc1C(=O)OC(C)(C)C. The molecule has 0 bridgehead atoms. The van der Waals surface area contributed by atoms with Crippen LogP contribution < -0.4 is 5.32 Å². The van der Waals surface area contributed by atoms with E-state index in [0.29, 0.717) is 11.3 Å². The first-order valence-corrected chi connectivity index (χ1v) is 10.1. The van der Waals surface area contributed by atoms with Gasteiger partial charge < -0.3 is 14.8 Å². The zero-order chi connectivity index (χ0) is 24.3. The van der Waals surface area contributed by atoms with Crippen LogP contribution in [0, 0.1) is 0 Å². The first-order chi connectivity index (χ1) is 14.5. The minimum atomic E-state index is -4.44. The molecule has 0 saturated heterocycles. The second-order valence-electron chi connectivity index (χ2n) is 9.32. The van der Waals surface area contributed by atoms with Crippen LogP contribution in [0.25, 0.3) is 0 Å². The van der Waals surface area contributed by atoms with E-state index in [-0.39, 0.29) is 17.7 Å². The van der Waals surface area contributed by atoms with Gasteiger partial charge in [-0.25, -0.2) is 9.59 Å². The Morgan fingerprint density at radius 3 is 1.91 bits per heavy atom. The molecule has 174 valence electrons. The number of alkyl halides is 3. The van der Waals surface area contributed by atoms with Crippen molar-refractivity contribution in [2.24, 2.45) is 0 Å². The molecule has 0 aliphatic heterocycles. The lowest BCUT2D eigenvalue weighted by Crippen LogP contribution is -2.28. The Labute approximate surface area is 185 Å². The van der Waals surface area contributed by atoms with Crippen LogP contribution in [0.3, 0.4) is 0 Å². The van der Waals surface area contributed by atoms with E-state index < -0.39 is 34.9 Å². The van der Waals surface area contributed by atoms with Gasteiger partial charge in [-0.2, -0.15) is 13.2 Å². The number of esters is 2. The maximum absolute atomic E-state index is 12.9. The number of ether oxygens (including phenoxy) is 2. The maximum Gasteiger partial charge on any atom is 0.416 e. The van der Waals surface area contributed by atoms with Gasteiger partial charge in [-0.05, 0) is 77.4 Å². The summed E-state index contributed by atoms with van der Waals surface area (Å²) < 4.78 is 49.6. The lowest BCUT2D eigenvalue weighted by atomic mass is 10.0. The number of benzene rings is 2. The van der Waals surface area contributed by atoms with Gasteiger partial charge in [-0.15, -0.1) is 0 Å². The van der Waals surface area contributed by atoms with Crippen LogP contribution >= 0.6 is 0 Å². The molecule has 0 atom stereocenters. The highest BCUT2D eigenvalue weighted by Gasteiger charge is 2.30. The summed E-state index contributed by atoms with van der Waals surface area (Å²) in [7, 11) is 0. The van der Waals surface area contributed by atoms with Gasteiger partial charge in [0.1, 0.15) is 11.2 Å². The highest BCUT2D eigenvalue weighted by Crippen LogP contribution is 2.30. The van der Waals surface area contributed by atoms with Crippen LogP contribution in [0.1, 0.15) is 73.4 Å². The van der Waals surface area contributed by atoms with Gasteiger partial charge in [0, 0.05) is 12.2 Å². The number of halogens is 3. The first-order valence-electron chi connectivity index (χ1n) is 10.1. The van der Waals surface area contributed by atoms with Crippen LogP contribution in [-0.4, -0.2) is 23.1 Å². The molecule has 0 aliphatic carbocycles. The Morgan fingerprint density at radius 2 is 1.38 bits per heavy atom. The van der Waals surface area contributed by atoms with Gasteiger partial charge in [0.2, 0.25) is 0 Å². The molecule has 0 heterocycles. The van der Waals surface area contributed by atoms with Crippen molar-refractivity contribution in [3.05, 3.63) is 64.7 Å². The molecule has 0 unspecified atom stereocenters. The lowest BCUT2D eigenvalue weighted by Gasteiger charge is -2.23. The van der Waals surface area contributed by atoms with Gasteiger partial charge in [0.05, 0.1) is 16.7 Å². The summed E-state index contributed by atoms with van der Waals surface area (Å²) in [6.45, 7) is 10.3. The summed E-state index contributed by atoms with van der Waals surface area (Å²) in [5, 5.41) is 2.98. The number of hydrogen-bond acceptors (Lipinski definition) is 5. The molecule has 0 aliphatic rings. The summed E-state index contributed by atoms with van der Waals surface area (Å²) in [6.07, 6.45) is -4.44. The molecule has 1 N–H and O–H groups in total. The second kappa shape index (κ2) is 9.22. The summed E-state index contributed by atoms with van der Waals surface area (Å²) in [5.74, 6) is -1.39. The Kier molecular flexibility index (Phi) is 7.27. The van der Waals surface area contributed by atoms with E-state index in [1.54, 1.807) is 53.7 Å². The maximum atomic E-state index is 12.9. The standard InChI is InChI=1S/C24H28F3NO4/c1-22(2,3)31-20(29)18-11-10-17(13-19(18)21(30)32-23(4,5)6)28-14-15-8-7-9-16(12-15)24(25,26)27/h7-13,28H,14H2,1-6H3. The molecule has 0 amide bonds. The third kappa shape index (κ3) is 7.59. The molecule has 0 aromatic heterocycles. The van der Waals surface area contributed by atoms with Crippen molar-refractivity contribution in [2.75, 3.05) is 5.32 Å². The fourth-order valence-electron chi connectivity index (χ4n) is 2.73. The van der Waals surface area contributed by atoms with Crippen LogP contribution in [0.15, 0.2) is 42.5 Å². The Morgan fingerprint density at radius 1 is 0.812 bits per heavy atom. The molecule has 8 heteroatoms. The van der Waals surface area contributed by atoms with Gasteiger partial charge >= 0.3 is 18.1 Å². The smallest absolute Gasteiger partial charge is 0.416 e. The van der Waals surface area contributed by atoms with Crippen LogP contribution in [0.2, 0.25) is 0 Å². The molecule has 2 aromatic rings. The minimum absolute atomic E-state index is 0.00298. The third-order valence-electron chi connectivity index (χ3n) is 4.01. The predicted molar refractivity (Wildman–Crippen MR) is 116 cm³/mol. The fraction of sp³-hybridized carbons (Fsp3) is 0.417. The van der Waals surface area contributed by atoms with Crippen molar-refractivity contribution in [3.63, 3.8) is 0 Å². The van der Waals surface area contributed by atoms with Crippen LogP contribution in [0.5, 0.6) is 0 Å². The van der Waals surface area contributed by atoms with E-state index >= 15 is 0 Å². The van der Waals surface area contributed by atoms with Crippen molar-refractivity contribution in [2.45, 2.75) is 65.5 Å². The normalized spacial score (nSPS) is 12.3. The summed E-state index contributed by atoms with van der Waals surface area (Å²) >= 11 is 0. The largest absolute Gasteiger partial charge is 0.456 e. The van der Waals surface area contributed by atoms with Crippen LogP contribution in [-0.2, 0) is 22.2 Å². The average molecular weight is 451 g/mol. The number of carbonyl (C=O) groups is 2. The monoisotopic (exact) mass is 451 g/mol. The Hall–Kier alpha value is -3.03. The quantitative estimate of drug-likeness (QED) is 0.546. The topological polar surface area (TPSA) is 64.6 Å². The summed E-state index contributed by atoms with van der Waals surface area (Å²) in [6, 6.07) is 9.36. The second-order valence-corrected chi connectivity index (χ2v) is 9.32. The Bertz CT molecular complexity index is 986. The number of nitrogens with one attached hydrogen (secondary N) is 1. The molecular formula is C24H28F3NO4.